The van der Waals surface area contributed by atoms with Gasteiger partial charge in [-0.05, 0) is 67.8 Å². The van der Waals surface area contributed by atoms with E-state index in [1.54, 1.807) is 6.07 Å². The third kappa shape index (κ3) is 3.92. The molecule has 0 bridgehead atoms. The molecule has 26 heavy (non-hydrogen) atoms. The van der Waals surface area contributed by atoms with Crippen LogP contribution in [-0.2, 0) is 12.6 Å². The van der Waals surface area contributed by atoms with E-state index < -0.39 is 11.7 Å². The van der Waals surface area contributed by atoms with Crippen LogP contribution in [0.4, 0.5) is 13.2 Å². The number of hydrogen-bond acceptors (Lipinski definition) is 1. The van der Waals surface area contributed by atoms with Crippen molar-refractivity contribution < 1.29 is 13.2 Å². The zero-order valence-electron chi connectivity index (χ0n) is 13.8. The molecule has 0 radical (unpaired) electrons. The maximum Gasteiger partial charge on any atom is 0.416 e. The highest BCUT2D eigenvalue weighted by Crippen LogP contribution is 2.39. The van der Waals surface area contributed by atoms with Gasteiger partial charge in [0.2, 0.25) is 0 Å². The highest BCUT2D eigenvalue weighted by Gasteiger charge is 2.31. The lowest BCUT2D eigenvalue weighted by Crippen LogP contribution is -2.04. The molecule has 2 aromatic carbocycles. The molecular weight excluding hydrogens is 429 g/mol. The lowest BCUT2D eigenvalue weighted by molar-refractivity contribution is -0.137. The molecule has 1 aromatic heterocycles. The number of hydrogen-bond donors (Lipinski definition) is 2. The first-order chi connectivity index (χ1) is 12.3. The number of benzene rings is 2. The maximum atomic E-state index is 13.1. The van der Waals surface area contributed by atoms with Crippen LogP contribution in [0, 0.1) is 0 Å². The second-order valence-corrected chi connectivity index (χ2v) is 7.43. The molecular formula is C19H17BrClF3N2. The summed E-state index contributed by atoms with van der Waals surface area (Å²) in [5.74, 6) is 0. The van der Waals surface area contributed by atoms with E-state index in [1.165, 1.54) is 12.1 Å². The Kier molecular flexibility index (Phi) is 5.65. The van der Waals surface area contributed by atoms with E-state index in [1.807, 2.05) is 12.1 Å². The molecule has 0 spiro atoms. The molecule has 0 aliphatic rings. The van der Waals surface area contributed by atoms with Crippen LogP contribution in [0.2, 0.25) is 5.02 Å². The smallest absolute Gasteiger partial charge is 0.354 e. The lowest BCUT2D eigenvalue weighted by atomic mass is 9.99. The quantitative estimate of drug-likeness (QED) is 0.430. The van der Waals surface area contributed by atoms with Gasteiger partial charge in [-0.25, -0.2) is 0 Å². The number of H-pyrrole nitrogens is 1. The van der Waals surface area contributed by atoms with Crippen LogP contribution in [0.15, 0.2) is 40.9 Å². The second-order valence-electron chi connectivity index (χ2n) is 6.11. The molecule has 0 aliphatic heterocycles. The number of aromatic nitrogens is 1. The molecule has 0 aliphatic carbocycles. The summed E-state index contributed by atoms with van der Waals surface area (Å²) in [5.41, 5.74) is 7.92. The van der Waals surface area contributed by atoms with Crippen molar-refractivity contribution in [2.75, 3.05) is 6.54 Å². The van der Waals surface area contributed by atoms with E-state index in [-0.39, 0.29) is 0 Å². The van der Waals surface area contributed by atoms with E-state index in [0.717, 1.165) is 40.2 Å². The summed E-state index contributed by atoms with van der Waals surface area (Å²) in [6.45, 7) is 0.545. The molecule has 0 saturated heterocycles. The Hall–Kier alpha value is -1.50. The minimum atomic E-state index is -4.38. The monoisotopic (exact) mass is 444 g/mol. The van der Waals surface area contributed by atoms with Gasteiger partial charge in [0.15, 0.2) is 0 Å². The molecule has 0 atom stereocenters. The summed E-state index contributed by atoms with van der Waals surface area (Å²) in [6.07, 6.45) is -2.17. The standard InChI is InChI=1S/C19H17BrClF3N2/c20-12-5-6-16(21)15(10-12)18-13(3-1-2-8-25)14-9-11(19(22,23)24)4-7-17(14)26-18/h4-7,9-10,26H,1-3,8,25H2. The van der Waals surface area contributed by atoms with Crippen LogP contribution in [0.5, 0.6) is 0 Å². The summed E-state index contributed by atoms with van der Waals surface area (Å²) in [5, 5.41) is 1.11. The molecule has 0 saturated carbocycles. The number of fused-ring (bicyclic) bond motifs is 1. The van der Waals surface area contributed by atoms with E-state index in [9.17, 15) is 13.2 Å². The summed E-state index contributed by atoms with van der Waals surface area (Å²) in [4.78, 5) is 3.25. The number of unbranched alkanes of at least 4 members (excludes halogenated alkanes) is 1. The number of aryl methyl sites for hydroxylation is 1. The molecule has 0 unspecified atom stereocenters. The Morgan fingerprint density at radius 1 is 1.08 bits per heavy atom. The Bertz CT molecular complexity index is 934. The van der Waals surface area contributed by atoms with Gasteiger partial charge >= 0.3 is 6.18 Å². The molecule has 3 rings (SSSR count). The van der Waals surface area contributed by atoms with Crippen molar-refractivity contribution in [3.63, 3.8) is 0 Å². The van der Waals surface area contributed by atoms with Gasteiger partial charge in [-0.15, -0.1) is 0 Å². The number of halogens is 5. The highest BCUT2D eigenvalue weighted by atomic mass is 79.9. The number of alkyl halides is 3. The van der Waals surface area contributed by atoms with Gasteiger partial charge in [-0.3, -0.25) is 0 Å². The van der Waals surface area contributed by atoms with Gasteiger partial charge in [-0.2, -0.15) is 13.2 Å². The van der Waals surface area contributed by atoms with E-state index in [4.69, 9.17) is 17.3 Å². The third-order valence-corrected chi connectivity index (χ3v) is 5.13. The first-order valence-corrected chi connectivity index (χ1v) is 9.35. The fraction of sp³-hybridized carbons (Fsp3) is 0.263. The first kappa shape index (κ1) is 19.3. The van der Waals surface area contributed by atoms with Crippen molar-refractivity contribution in [3.8, 4) is 11.3 Å². The normalized spacial score (nSPS) is 12.1. The minimum Gasteiger partial charge on any atom is -0.354 e. The summed E-state index contributed by atoms with van der Waals surface area (Å²) in [6, 6.07) is 9.22. The average molecular weight is 446 g/mol. The van der Waals surface area contributed by atoms with Gasteiger partial charge in [0, 0.05) is 26.0 Å². The molecule has 1 heterocycles. The van der Waals surface area contributed by atoms with Crippen LogP contribution >= 0.6 is 27.5 Å². The molecule has 0 fully saturated rings. The molecule has 2 nitrogen and oxygen atoms in total. The van der Waals surface area contributed by atoms with E-state index >= 15 is 0 Å². The van der Waals surface area contributed by atoms with Gasteiger partial charge in [0.1, 0.15) is 0 Å². The summed E-state index contributed by atoms with van der Waals surface area (Å²) in [7, 11) is 0. The number of nitrogens with one attached hydrogen (secondary N) is 1. The van der Waals surface area contributed by atoms with Gasteiger partial charge in [0.25, 0.3) is 0 Å². The van der Waals surface area contributed by atoms with Crippen molar-refractivity contribution in [1.29, 1.82) is 0 Å². The third-order valence-electron chi connectivity index (χ3n) is 4.31. The fourth-order valence-electron chi connectivity index (χ4n) is 3.05. The number of nitrogens with two attached hydrogens (primary N) is 1. The molecule has 3 N–H and O–H groups in total. The van der Waals surface area contributed by atoms with Gasteiger partial charge in [-0.1, -0.05) is 27.5 Å². The zero-order valence-corrected chi connectivity index (χ0v) is 16.1. The van der Waals surface area contributed by atoms with Crippen LogP contribution in [0.3, 0.4) is 0 Å². The Balaban J connectivity index is 2.21. The molecule has 7 heteroatoms. The van der Waals surface area contributed by atoms with E-state index in [2.05, 4.69) is 20.9 Å². The van der Waals surface area contributed by atoms with Crippen molar-refractivity contribution >= 4 is 38.4 Å². The molecule has 138 valence electrons. The van der Waals surface area contributed by atoms with E-state index in [0.29, 0.717) is 28.9 Å². The van der Waals surface area contributed by atoms with Crippen LogP contribution < -0.4 is 5.73 Å². The van der Waals surface area contributed by atoms with Crippen molar-refractivity contribution in [2.45, 2.75) is 25.4 Å². The van der Waals surface area contributed by atoms with Crippen molar-refractivity contribution in [2.24, 2.45) is 5.73 Å². The summed E-state index contributed by atoms with van der Waals surface area (Å²) < 4.78 is 40.3. The first-order valence-electron chi connectivity index (χ1n) is 8.18. The lowest BCUT2D eigenvalue weighted by Gasteiger charge is -2.09. The van der Waals surface area contributed by atoms with Crippen LogP contribution in [0.1, 0.15) is 24.0 Å². The summed E-state index contributed by atoms with van der Waals surface area (Å²) >= 11 is 9.78. The van der Waals surface area contributed by atoms with Gasteiger partial charge < -0.3 is 10.7 Å². The van der Waals surface area contributed by atoms with Gasteiger partial charge in [0.05, 0.1) is 11.3 Å². The Morgan fingerprint density at radius 2 is 1.85 bits per heavy atom. The topological polar surface area (TPSA) is 41.8 Å². The van der Waals surface area contributed by atoms with Crippen molar-refractivity contribution in [3.05, 3.63) is 57.0 Å². The Morgan fingerprint density at radius 3 is 2.54 bits per heavy atom. The molecule has 3 aromatic rings. The molecule has 0 amide bonds. The predicted octanol–water partition coefficient (Wildman–Crippen LogP) is 6.55. The highest BCUT2D eigenvalue weighted by molar-refractivity contribution is 9.10. The number of rotatable bonds is 5. The Labute approximate surface area is 162 Å². The van der Waals surface area contributed by atoms with Crippen molar-refractivity contribution in [1.82, 2.24) is 4.98 Å². The fourth-order valence-corrected chi connectivity index (χ4v) is 3.62. The maximum absolute atomic E-state index is 13.1. The van der Waals surface area contributed by atoms with Crippen LogP contribution in [-0.4, -0.2) is 11.5 Å². The number of aromatic amines is 1. The SMILES string of the molecule is NCCCCc1c(-c2cc(Br)ccc2Cl)[nH]c2ccc(C(F)(F)F)cc12. The second kappa shape index (κ2) is 7.62. The largest absolute Gasteiger partial charge is 0.416 e. The average Bonchev–Trinajstić information content (AvgIpc) is 2.94. The van der Waals surface area contributed by atoms with Crippen LogP contribution in [0.25, 0.3) is 22.2 Å². The predicted molar refractivity (Wildman–Crippen MR) is 103 cm³/mol. The minimum absolute atomic E-state index is 0.538. The zero-order chi connectivity index (χ0) is 18.9.